The monoisotopic (exact) mass is 346 g/mol. The second kappa shape index (κ2) is 5.77. The maximum absolute atomic E-state index is 12.2. The normalized spacial score (nSPS) is 16.7. The Morgan fingerprint density at radius 1 is 1.29 bits per heavy atom. The maximum Gasteiger partial charge on any atom is 0.255 e. The lowest BCUT2D eigenvalue weighted by molar-refractivity contribution is 0.0935. The van der Waals surface area contributed by atoms with Crippen LogP contribution in [0.4, 0.5) is 5.69 Å². The Kier molecular flexibility index (Phi) is 3.84. The van der Waals surface area contributed by atoms with Crippen molar-refractivity contribution in [3.05, 3.63) is 58.1 Å². The first-order valence-electron chi connectivity index (χ1n) is 6.74. The maximum atomic E-state index is 12.2. The Bertz CT molecular complexity index is 688. The van der Waals surface area contributed by atoms with Crippen molar-refractivity contribution in [3.63, 3.8) is 0 Å². The number of hydrogen-bond donors (Lipinski definition) is 3. The van der Waals surface area contributed by atoms with Gasteiger partial charge < -0.3 is 15.7 Å². The van der Waals surface area contributed by atoms with Crippen LogP contribution in [0.3, 0.4) is 0 Å². The minimum Gasteiger partial charge on any atom is -0.507 e. The number of carbonyl (C=O) groups is 1. The molecule has 3 rings (SSSR count). The molecular weight excluding hydrogens is 332 g/mol. The highest BCUT2D eigenvalue weighted by molar-refractivity contribution is 9.10. The number of anilines is 1. The molecule has 1 amide bonds. The molecule has 1 atom stereocenters. The van der Waals surface area contributed by atoms with Gasteiger partial charge >= 0.3 is 0 Å². The van der Waals surface area contributed by atoms with Gasteiger partial charge in [0.25, 0.3) is 5.91 Å². The van der Waals surface area contributed by atoms with E-state index in [2.05, 4.69) is 32.6 Å². The number of para-hydroxylation sites is 1. The number of amides is 1. The molecule has 0 saturated carbocycles. The van der Waals surface area contributed by atoms with Crippen LogP contribution in [0.5, 0.6) is 5.75 Å². The molecule has 0 fully saturated rings. The molecule has 0 spiro atoms. The van der Waals surface area contributed by atoms with E-state index in [-0.39, 0.29) is 23.3 Å². The summed E-state index contributed by atoms with van der Waals surface area (Å²) in [6.07, 6.45) is 0.784. The summed E-state index contributed by atoms with van der Waals surface area (Å²) in [5, 5.41) is 16.1. The second-order valence-corrected chi connectivity index (χ2v) is 5.99. The second-order valence-electron chi connectivity index (χ2n) is 5.07. The molecule has 21 heavy (non-hydrogen) atoms. The Morgan fingerprint density at radius 2 is 2.10 bits per heavy atom. The predicted octanol–water partition coefficient (Wildman–Crippen LogP) is 2.92. The number of fused-ring (bicyclic) bond motifs is 1. The van der Waals surface area contributed by atoms with Crippen LogP contribution in [0.1, 0.15) is 15.9 Å². The summed E-state index contributed by atoms with van der Waals surface area (Å²) in [4.78, 5) is 12.2. The molecule has 0 aromatic heterocycles. The number of benzene rings is 2. The van der Waals surface area contributed by atoms with Crippen LogP contribution in [0, 0.1) is 0 Å². The standard InChI is InChI=1S/C16H15BrN2O2/c17-11-5-6-13(15(20)8-11)16(21)19-12-7-10-3-1-2-4-14(10)18-9-12/h1-6,8,12,18,20H,7,9H2,(H,19,21). The molecule has 1 heterocycles. The van der Waals surface area contributed by atoms with Gasteiger partial charge in [0.1, 0.15) is 5.75 Å². The van der Waals surface area contributed by atoms with Gasteiger partial charge in [0.15, 0.2) is 0 Å². The first-order valence-corrected chi connectivity index (χ1v) is 7.54. The molecule has 1 unspecified atom stereocenters. The molecule has 0 aliphatic carbocycles. The number of rotatable bonds is 2. The zero-order chi connectivity index (χ0) is 14.8. The van der Waals surface area contributed by atoms with Crippen LogP contribution in [0.15, 0.2) is 46.9 Å². The molecule has 0 bridgehead atoms. The van der Waals surface area contributed by atoms with Crippen molar-refractivity contribution in [1.82, 2.24) is 5.32 Å². The fraction of sp³-hybridized carbons (Fsp3) is 0.188. The topological polar surface area (TPSA) is 61.4 Å². The molecular formula is C16H15BrN2O2. The predicted molar refractivity (Wildman–Crippen MR) is 85.7 cm³/mol. The van der Waals surface area contributed by atoms with Gasteiger partial charge in [0, 0.05) is 16.7 Å². The molecule has 3 N–H and O–H groups in total. The number of phenols is 1. The average molecular weight is 347 g/mol. The van der Waals surface area contributed by atoms with Gasteiger partial charge in [-0.1, -0.05) is 34.1 Å². The van der Waals surface area contributed by atoms with E-state index in [1.54, 1.807) is 12.1 Å². The summed E-state index contributed by atoms with van der Waals surface area (Å²) >= 11 is 3.26. The van der Waals surface area contributed by atoms with Gasteiger partial charge in [0.2, 0.25) is 0 Å². The minimum atomic E-state index is -0.258. The number of phenolic OH excluding ortho intramolecular Hbond substituents is 1. The van der Waals surface area contributed by atoms with Gasteiger partial charge in [0.05, 0.1) is 11.6 Å². The lowest BCUT2D eigenvalue weighted by Crippen LogP contribution is -2.43. The molecule has 0 radical (unpaired) electrons. The quantitative estimate of drug-likeness (QED) is 0.783. The van der Waals surface area contributed by atoms with Crippen LogP contribution in [-0.4, -0.2) is 23.6 Å². The summed E-state index contributed by atoms with van der Waals surface area (Å²) in [6.45, 7) is 0.681. The van der Waals surface area contributed by atoms with Crippen molar-refractivity contribution in [2.75, 3.05) is 11.9 Å². The third-order valence-electron chi connectivity index (χ3n) is 3.56. The number of carbonyl (C=O) groups excluding carboxylic acids is 1. The largest absolute Gasteiger partial charge is 0.507 e. The van der Waals surface area contributed by atoms with Gasteiger partial charge in [-0.3, -0.25) is 4.79 Å². The van der Waals surface area contributed by atoms with Crippen molar-refractivity contribution in [3.8, 4) is 5.75 Å². The van der Waals surface area contributed by atoms with Crippen LogP contribution in [-0.2, 0) is 6.42 Å². The number of halogens is 1. The van der Waals surface area contributed by atoms with E-state index in [4.69, 9.17) is 0 Å². The van der Waals surface area contributed by atoms with Crippen molar-refractivity contribution in [1.29, 1.82) is 0 Å². The molecule has 0 saturated heterocycles. The van der Waals surface area contributed by atoms with Crippen LogP contribution in [0.2, 0.25) is 0 Å². The highest BCUT2D eigenvalue weighted by Crippen LogP contribution is 2.24. The highest BCUT2D eigenvalue weighted by Gasteiger charge is 2.21. The van der Waals surface area contributed by atoms with E-state index < -0.39 is 0 Å². The van der Waals surface area contributed by atoms with Gasteiger partial charge in [-0.25, -0.2) is 0 Å². The van der Waals surface area contributed by atoms with Crippen molar-refractivity contribution >= 4 is 27.5 Å². The lowest BCUT2D eigenvalue weighted by Gasteiger charge is -2.27. The van der Waals surface area contributed by atoms with E-state index in [1.807, 2.05) is 18.2 Å². The summed E-state index contributed by atoms with van der Waals surface area (Å²) in [5.74, 6) is -0.280. The molecule has 1 aliphatic rings. The zero-order valence-electron chi connectivity index (χ0n) is 11.3. The molecule has 2 aromatic rings. The Morgan fingerprint density at radius 3 is 2.90 bits per heavy atom. The fourth-order valence-corrected chi connectivity index (χ4v) is 2.85. The van der Waals surface area contributed by atoms with E-state index >= 15 is 0 Å². The third-order valence-corrected chi connectivity index (χ3v) is 4.06. The molecule has 1 aliphatic heterocycles. The van der Waals surface area contributed by atoms with Crippen molar-refractivity contribution in [2.24, 2.45) is 0 Å². The lowest BCUT2D eigenvalue weighted by atomic mass is 9.99. The fourth-order valence-electron chi connectivity index (χ4n) is 2.50. The number of aromatic hydroxyl groups is 1. The highest BCUT2D eigenvalue weighted by atomic mass is 79.9. The Labute approximate surface area is 131 Å². The smallest absolute Gasteiger partial charge is 0.255 e. The number of hydrogen-bond acceptors (Lipinski definition) is 3. The number of nitrogens with one attached hydrogen (secondary N) is 2. The van der Waals surface area contributed by atoms with Crippen LogP contribution in [0.25, 0.3) is 0 Å². The molecule has 5 heteroatoms. The molecule has 4 nitrogen and oxygen atoms in total. The Hall–Kier alpha value is -2.01. The molecule has 108 valence electrons. The van der Waals surface area contributed by atoms with Gasteiger partial charge in [-0.2, -0.15) is 0 Å². The van der Waals surface area contributed by atoms with E-state index in [9.17, 15) is 9.90 Å². The summed E-state index contributed by atoms with van der Waals surface area (Å²) in [7, 11) is 0. The minimum absolute atomic E-state index is 0.00967. The van der Waals surface area contributed by atoms with Crippen molar-refractivity contribution in [2.45, 2.75) is 12.5 Å². The van der Waals surface area contributed by atoms with E-state index in [0.717, 1.165) is 16.6 Å². The van der Waals surface area contributed by atoms with Crippen LogP contribution < -0.4 is 10.6 Å². The molecule has 2 aromatic carbocycles. The zero-order valence-corrected chi connectivity index (χ0v) is 12.9. The summed E-state index contributed by atoms with van der Waals surface area (Å²) in [6, 6.07) is 12.9. The first-order chi connectivity index (χ1) is 10.1. The van der Waals surface area contributed by atoms with Crippen molar-refractivity contribution < 1.29 is 9.90 Å². The van der Waals surface area contributed by atoms with Crippen LogP contribution >= 0.6 is 15.9 Å². The SMILES string of the molecule is O=C(NC1CNc2ccccc2C1)c1ccc(Br)cc1O. The first kappa shape index (κ1) is 13.9. The van der Waals surface area contributed by atoms with E-state index in [0.29, 0.717) is 6.54 Å². The summed E-state index contributed by atoms with van der Waals surface area (Å²) in [5.41, 5.74) is 2.60. The van der Waals surface area contributed by atoms with E-state index in [1.165, 1.54) is 11.6 Å². The third kappa shape index (κ3) is 3.03. The van der Waals surface area contributed by atoms with Gasteiger partial charge in [-0.05, 0) is 36.2 Å². The average Bonchev–Trinajstić information content (AvgIpc) is 2.47. The Balaban J connectivity index is 1.71. The van der Waals surface area contributed by atoms with Gasteiger partial charge in [-0.15, -0.1) is 0 Å². The summed E-state index contributed by atoms with van der Waals surface area (Å²) < 4.78 is 0.741.